The molecule has 8 heteroatoms. The van der Waals surface area contributed by atoms with E-state index in [4.69, 9.17) is 9.84 Å². The van der Waals surface area contributed by atoms with Crippen LogP contribution < -0.4 is 10.1 Å². The standard InChI is InChI=1S/C26H21FN4O3/c1-34-23-11-8-18(15-30-23)16-4-6-17(7-5-16)25-21(14-28)26(29-12-2-3-24(32)33)20-13-19(27)9-10-22(20)31-25/h4-11,13,15H,2-3,12H2,1H3,(H,29,31)(H,32,33). The van der Waals surface area contributed by atoms with Crippen LogP contribution in [0.3, 0.4) is 0 Å². The van der Waals surface area contributed by atoms with Crippen molar-refractivity contribution in [1.29, 1.82) is 5.26 Å². The monoisotopic (exact) mass is 456 g/mol. The Morgan fingerprint density at radius 3 is 2.50 bits per heavy atom. The van der Waals surface area contributed by atoms with Crippen LogP contribution in [0, 0.1) is 17.1 Å². The molecule has 0 aliphatic carbocycles. The second kappa shape index (κ2) is 9.96. The Morgan fingerprint density at radius 1 is 1.12 bits per heavy atom. The lowest BCUT2D eigenvalue weighted by molar-refractivity contribution is -0.137. The van der Waals surface area contributed by atoms with Gasteiger partial charge in [-0.05, 0) is 36.2 Å². The minimum Gasteiger partial charge on any atom is -0.481 e. The van der Waals surface area contributed by atoms with E-state index in [0.717, 1.165) is 16.7 Å². The van der Waals surface area contributed by atoms with E-state index in [-0.39, 0.29) is 12.0 Å². The number of nitrogens with zero attached hydrogens (tertiary/aromatic N) is 3. The second-order valence-electron chi connectivity index (χ2n) is 7.57. The second-order valence-corrected chi connectivity index (χ2v) is 7.57. The molecule has 2 heterocycles. The van der Waals surface area contributed by atoms with Gasteiger partial charge in [-0.2, -0.15) is 5.26 Å². The first-order valence-corrected chi connectivity index (χ1v) is 10.6. The summed E-state index contributed by atoms with van der Waals surface area (Å²) in [6, 6.07) is 17.7. The third-order valence-corrected chi connectivity index (χ3v) is 5.37. The van der Waals surface area contributed by atoms with Gasteiger partial charge in [-0.3, -0.25) is 4.79 Å². The van der Waals surface area contributed by atoms with Crippen molar-refractivity contribution in [2.24, 2.45) is 0 Å². The molecule has 7 nitrogen and oxygen atoms in total. The number of methoxy groups -OCH3 is 1. The molecule has 0 bridgehead atoms. The lowest BCUT2D eigenvalue weighted by Gasteiger charge is -2.15. The van der Waals surface area contributed by atoms with Gasteiger partial charge in [0.2, 0.25) is 5.88 Å². The molecule has 0 spiro atoms. The number of ether oxygens (including phenoxy) is 1. The van der Waals surface area contributed by atoms with Gasteiger partial charge in [0.05, 0.1) is 24.0 Å². The van der Waals surface area contributed by atoms with Crippen molar-refractivity contribution in [1.82, 2.24) is 9.97 Å². The van der Waals surface area contributed by atoms with Gasteiger partial charge < -0.3 is 15.2 Å². The molecule has 170 valence electrons. The van der Waals surface area contributed by atoms with E-state index in [1.54, 1.807) is 25.4 Å². The number of pyridine rings is 2. The van der Waals surface area contributed by atoms with E-state index < -0.39 is 11.8 Å². The molecule has 2 aromatic carbocycles. The van der Waals surface area contributed by atoms with Gasteiger partial charge in [0.1, 0.15) is 17.4 Å². The van der Waals surface area contributed by atoms with Crippen LogP contribution in [-0.2, 0) is 4.79 Å². The number of carboxylic acid groups (broad SMARTS) is 1. The Kier molecular flexibility index (Phi) is 6.64. The molecule has 34 heavy (non-hydrogen) atoms. The van der Waals surface area contributed by atoms with Gasteiger partial charge in [-0.15, -0.1) is 0 Å². The highest BCUT2D eigenvalue weighted by Gasteiger charge is 2.17. The highest BCUT2D eigenvalue weighted by atomic mass is 19.1. The fourth-order valence-electron chi connectivity index (χ4n) is 3.68. The van der Waals surface area contributed by atoms with E-state index in [1.807, 2.05) is 30.3 Å². The number of hydrogen-bond donors (Lipinski definition) is 2. The van der Waals surface area contributed by atoms with Gasteiger partial charge in [0, 0.05) is 41.7 Å². The number of rotatable bonds is 8. The maximum Gasteiger partial charge on any atom is 0.303 e. The third kappa shape index (κ3) is 4.79. The molecular formula is C26H21FN4O3. The SMILES string of the molecule is COc1ccc(-c2ccc(-c3nc4ccc(F)cc4c(NCCCC(=O)O)c3C#N)cc2)cn1. The van der Waals surface area contributed by atoms with Gasteiger partial charge in [0.25, 0.3) is 0 Å². The molecule has 4 aromatic rings. The summed E-state index contributed by atoms with van der Waals surface area (Å²) < 4.78 is 19.1. The van der Waals surface area contributed by atoms with Crippen molar-refractivity contribution in [2.45, 2.75) is 12.8 Å². The van der Waals surface area contributed by atoms with Crippen LogP contribution in [0.25, 0.3) is 33.3 Å². The molecule has 0 fully saturated rings. The van der Waals surface area contributed by atoms with E-state index in [9.17, 15) is 14.4 Å². The van der Waals surface area contributed by atoms with Crippen LogP contribution in [0.1, 0.15) is 18.4 Å². The Hall–Kier alpha value is -4.51. The van der Waals surface area contributed by atoms with Crippen molar-refractivity contribution in [3.05, 3.63) is 72.2 Å². The molecule has 0 atom stereocenters. The number of nitrogens with one attached hydrogen (secondary N) is 1. The number of nitriles is 1. The number of carboxylic acids is 1. The zero-order chi connectivity index (χ0) is 24.1. The number of hydrogen-bond acceptors (Lipinski definition) is 6. The van der Waals surface area contributed by atoms with Crippen LogP contribution in [-0.4, -0.2) is 34.7 Å². The summed E-state index contributed by atoms with van der Waals surface area (Å²) in [6.07, 6.45) is 2.07. The van der Waals surface area contributed by atoms with E-state index in [1.165, 1.54) is 12.1 Å². The lowest BCUT2D eigenvalue weighted by Crippen LogP contribution is -2.08. The molecule has 0 saturated heterocycles. The lowest BCUT2D eigenvalue weighted by atomic mass is 9.99. The zero-order valence-electron chi connectivity index (χ0n) is 18.4. The molecule has 2 aromatic heterocycles. The normalized spacial score (nSPS) is 10.6. The Balaban J connectivity index is 1.74. The molecule has 4 rings (SSSR count). The molecule has 0 radical (unpaired) electrons. The summed E-state index contributed by atoms with van der Waals surface area (Å²) >= 11 is 0. The Morgan fingerprint density at radius 2 is 1.85 bits per heavy atom. The van der Waals surface area contributed by atoms with Crippen LogP contribution >= 0.6 is 0 Å². The maximum absolute atomic E-state index is 14.0. The fraction of sp³-hybridized carbons (Fsp3) is 0.154. The van der Waals surface area contributed by atoms with Crippen LogP contribution in [0.15, 0.2) is 60.8 Å². The minimum absolute atomic E-state index is 0.0131. The summed E-state index contributed by atoms with van der Waals surface area (Å²) in [6.45, 7) is 0.319. The van der Waals surface area contributed by atoms with E-state index in [0.29, 0.717) is 41.1 Å². The highest BCUT2D eigenvalue weighted by Crippen LogP contribution is 2.35. The topological polar surface area (TPSA) is 108 Å². The number of benzene rings is 2. The molecule has 2 N–H and O–H groups in total. The number of fused-ring (bicyclic) bond motifs is 1. The van der Waals surface area contributed by atoms with Crippen LogP contribution in [0.2, 0.25) is 0 Å². The van der Waals surface area contributed by atoms with Crippen molar-refractivity contribution < 1.29 is 19.0 Å². The Labute approximate surface area is 195 Å². The van der Waals surface area contributed by atoms with E-state index >= 15 is 0 Å². The predicted octanol–water partition coefficient (Wildman–Crippen LogP) is 5.26. The first-order valence-electron chi connectivity index (χ1n) is 10.6. The van der Waals surface area contributed by atoms with Crippen molar-refractivity contribution in [2.75, 3.05) is 19.0 Å². The molecule has 0 aliphatic rings. The molecule has 0 unspecified atom stereocenters. The van der Waals surface area contributed by atoms with E-state index in [2.05, 4.69) is 21.4 Å². The number of aliphatic carboxylic acids is 1. The van der Waals surface area contributed by atoms with Crippen molar-refractivity contribution in [3.63, 3.8) is 0 Å². The molecule has 0 saturated carbocycles. The van der Waals surface area contributed by atoms with Gasteiger partial charge in [0.15, 0.2) is 0 Å². The largest absolute Gasteiger partial charge is 0.481 e. The van der Waals surface area contributed by atoms with Crippen molar-refractivity contribution in [3.8, 4) is 34.3 Å². The summed E-state index contributed by atoms with van der Waals surface area (Å²) in [7, 11) is 1.56. The third-order valence-electron chi connectivity index (χ3n) is 5.37. The number of aromatic nitrogens is 2. The maximum atomic E-state index is 14.0. The average molecular weight is 456 g/mol. The summed E-state index contributed by atoms with van der Waals surface area (Å²) in [5.74, 6) is -0.822. The summed E-state index contributed by atoms with van der Waals surface area (Å²) in [4.78, 5) is 19.7. The molecule has 0 aliphatic heterocycles. The molecular weight excluding hydrogens is 435 g/mol. The minimum atomic E-state index is -0.902. The predicted molar refractivity (Wildman–Crippen MR) is 127 cm³/mol. The average Bonchev–Trinajstić information content (AvgIpc) is 2.86. The Bertz CT molecular complexity index is 1380. The number of carbonyl (C=O) groups is 1. The first-order chi connectivity index (χ1) is 16.5. The summed E-state index contributed by atoms with van der Waals surface area (Å²) in [5.41, 5.74) is 4.27. The zero-order valence-corrected chi connectivity index (χ0v) is 18.4. The van der Waals surface area contributed by atoms with Gasteiger partial charge in [-0.25, -0.2) is 14.4 Å². The number of halogens is 1. The fourth-order valence-corrected chi connectivity index (χ4v) is 3.68. The van der Waals surface area contributed by atoms with Crippen molar-refractivity contribution >= 4 is 22.6 Å². The van der Waals surface area contributed by atoms with Crippen LogP contribution in [0.5, 0.6) is 5.88 Å². The number of anilines is 1. The summed E-state index contributed by atoms with van der Waals surface area (Å²) in [5, 5.41) is 22.5. The van der Waals surface area contributed by atoms with Gasteiger partial charge >= 0.3 is 5.97 Å². The highest BCUT2D eigenvalue weighted by molar-refractivity contribution is 5.98. The molecule has 0 amide bonds. The van der Waals surface area contributed by atoms with Gasteiger partial charge in [-0.1, -0.05) is 24.3 Å². The first kappa shape index (κ1) is 22.7. The van der Waals surface area contributed by atoms with Crippen LogP contribution in [0.4, 0.5) is 10.1 Å². The quantitative estimate of drug-likeness (QED) is 0.348. The smallest absolute Gasteiger partial charge is 0.303 e.